The van der Waals surface area contributed by atoms with Crippen molar-refractivity contribution < 1.29 is 27.5 Å². The van der Waals surface area contributed by atoms with E-state index in [1.54, 1.807) is 44.2 Å². The Morgan fingerprint density at radius 2 is 2.08 bits per heavy atom. The first-order valence-electron chi connectivity index (χ1n) is 11.9. The van der Waals surface area contributed by atoms with Gasteiger partial charge in [-0.1, -0.05) is 11.3 Å². The highest BCUT2D eigenvalue weighted by atomic mass is 35.5. The van der Waals surface area contributed by atoms with Gasteiger partial charge in [0.2, 0.25) is 5.91 Å². The predicted molar refractivity (Wildman–Crippen MR) is 151 cm³/mol. The van der Waals surface area contributed by atoms with Crippen LogP contribution in [-0.4, -0.2) is 81.6 Å². The number of hydrogen-bond acceptors (Lipinski definition) is 11. The normalized spacial score (nSPS) is 16.2. The second-order valence-corrected chi connectivity index (χ2v) is 11.9. The van der Waals surface area contributed by atoms with Crippen LogP contribution < -0.4 is 20.1 Å². The molecule has 1 saturated heterocycles. The van der Waals surface area contributed by atoms with E-state index >= 15 is 0 Å². The van der Waals surface area contributed by atoms with Crippen molar-refractivity contribution in [1.29, 1.82) is 0 Å². The Kier molecular flexibility index (Phi) is 9.59. The summed E-state index contributed by atoms with van der Waals surface area (Å²) in [6.45, 7) is 1.99. The van der Waals surface area contributed by atoms with Gasteiger partial charge in [0, 0.05) is 38.6 Å². The topological polar surface area (TPSA) is 157 Å². The molecule has 1 amide bonds. The maximum atomic E-state index is 13.4. The van der Waals surface area contributed by atoms with Crippen LogP contribution in [0.15, 0.2) is 34.8 Å². The summed E-state index contributed by atoms with van der Waals surface area (Å²) in [5.74, 6) is -0.258. The third-order valence-electron chi connectivity index (χ3n) is 6.20. The molecule has 1 aromatic carbocycles. The van der Waals surface area contributed by atoms with Crippen molar-refractivity contribution in [1.82, 2.24) is 19.6 Å². The summed E-state index contributed by atoms with van der Waals surface area (Å²) >= 11 is 0.997. The molecule has 3 aromatic rings. The van der Waals surface area contributed by atoms with E-state index < -0.39 is 34.0 Å². The summed E-state index contributed by atoms with van der Waals surface area (Å²) in [5, 5.41) is 2.03. The largest absolute Gasteiger partial charge is 0.496 e. The fourth-order valence-electron chi connectivity index (χ4n) is 4.34. The van der Waals surface area contributed by atoms with Crippen LogP contribution in [0.5, 0.6) is 5.75 Å². The molecule has 0 saturated carbocycles. The van der Waals surface area contributed by atoms with Gasteiger partial charge in [-0.05, 0) is 42.5 Å². The molecule has 0 radical (unpaired) electrons. The van der Waals surface area contributed by atoms with Gasteiger partial charge in [-0.2, -0.15) is 4.72 Å². The smallest absolute Gasteiger partial charge is 0.329 e. The predicted octanol–water partition coefficient (Wildman–Crippen LogP) is 1.82. The van der Waals surface area contributed by atoms with Gasteiger partial charge in [0.15, 0.2) is 9.34 Å². The first-order valence-corrected chi connectivity index (χ1v) is 14.2. The molecule has 0 spiro atoms. The lowest BCUT2D eigenvalue weighted by atomic mass is 10.00. The zero-order valence-corrected chi connectivity index (χ0v) is 24.4. The lowest BCUT2D eigenvalue weighted by Crippen LogP contribution is -2.48. The number of nitrogens with one attached hydrogen (secondary N) is 1. The van der Waals surface area contributed by atoms with Crippen molar-refractivity contribution in [3.05, 3.63) is 36.2 Å². The number of nitrogens with two attached hydrogens (primary N) is 1. The zero-order chi connectivity index (χ0) is 27.6. The van der Waals surface area contributed by atoms with Crippen LogP contribution in [0.25, 0.3) is 10.8 Å². The summed E-state index contributed by atoms with van der Waals surface area (Å²) in [7, 11) is 1.03. The zero-order valence-electron chi connectivity index (χ0n) is 21.9. The second-order valence-electron chi connectivity index (χ2n) is 8.90. The van der Waals surface area contributed by atoms with Gasteiger partial charge < -0.3 is 25.0 Å². The summed E-state index contributed by atoms with van der Waals surface area (Å²) in [6, 6.07) is 3.37. The number of ether oxygens (including phenoxy) is 2. The average Bonchev–Trinajstić information content (AvgIpc) is 3.51. The molecular formula is C24H31ClN6O6S2. The van der Waals surface area contributed by atoms with Crippen molar-refractivity contribution >= 4 is 67.4 Å². The van der Waals surface area contributed by atoms with Gasteiger partial charge in [0.25, 0.3) is 10.0 Å². The van der Waals surface area contributed by atoms with E-state index in [9.17, 15) is 18.0 Å². The molecule has 39 heavy (non-hydrogen) atoms. The summed E-state index contributed by atoms with van der Waals surface area (Å²) < 4.78 is 39.2. The molecular weight excluding hydrogens is 568 g/mol. The molecule has 3 N–H and O–H groups in total. The Labute approximate surface area is 236 Å². The number of amides is 1. The Morgan fingerprint density at radius 3 is 2.72 bits per heavy atom. The minimum atomic E-state index is -3.99. The Balaban J connectivity index is 0.00000420. The van der Waals surface area contributed by atoms with Crippen LogP contribution in [0, 0.1) is 0 Å². The number of methoxy groups -OCH3 is 1. The molecule has 12 nitrogen and oxygen atoms in total. The minimum absolute atomic E-state index is 0. The van der Waals surface area contributed by atoms with Crippen LogP contribution in [0.3, 0.4) is 0 Å². The number of esters is 1. The number of nitrogen functional groups attached to an aromatic ring is 1. The highest BCUT2D eigenvalue weighted by Crippen LogP contribution is 2.31. The first-order chi connectivity index (χ1) is 18.1. The number of sulfonamides is 1. The van der Waals surface area contributed by atoms with Crippen molar-refractivity contribution in [3.63, 3.8) is 0 Å². The van der Waals surface area contributed by atoms with E-state index in [1.165, 1.54) is 18.2 Å². The van der Waals surface area contributed by atoms with Crippen LogP contribution >= 0.6 is 23.7 Å². The number of thiazole rings is 1. The first kappa shape index (κ1) is 30.3. The fourth-order valence-corrected chi connectivity index (χ4v) is 6.62. The van der Waals surface area contributed by atoms with Crippen LogP contribution in [-0.2, 0) is 30.8 Å². The molecule has 2 atom stereocenters. The fraction of sp³-hybridized carbons (Fsp3) is 0.417. The number of aromatic nitrogens is 2. The van der Waals surface area contributed by atoms with E-state index in [-0.39, 0.29) is 42.6 Å². The quantitative estimate of drug-likeness (QED) is 0.330. The number of fused-ring (bicyclic) bond motifs is 1. The third kappa shape index (κ3) is 6.35. The van der Waals surface area contributed by atoms with E-state index in [0.717, 1.165) is 16.7 Å². The minimum Gasteiger partial charge on any atom is -0.496 e. The number of likely N-dealkylation sites (tertiary alicyclic amines) is 1. The molecule has 1 aliphatic rings. The maximum absolute atomic E-state index is 13.4. The third-order valence-corrected chi connectivity index (χ3v) is 9.30. The van der Waals surface area contributed by atoms with Gasteiger partial charge in [0.05, 0.1) is 19.9 Å². The van der Waals surface area contributed by atoms with Crippen LogP contribution in [0.4, 0.5) is 10.9 Å². The monoisotopic (exact) mass is 598 g/mol. The van der Waals surface area contributed by atoms with E-state index in [2.05, 4.69) is 14.7 Å². The molecule has 1 aliphatic heterocycles. The molecule has 1 fully saturated rings. The highest BCUT2D eigenvalue weighted by molar-refractivity contribution is 7.91. The molecule has 0 aliphatic carbocycles. The van der Waals surface area contributed by atoms with Crippen LogP contribution in [0.1, 0.15) is 18.9 Å². The summed E-state index contributed by atoms with van der Waals surface area (Å²) in [4.78, 5) is 37.7. The van der Waals surface area contributed by atoms with Gasteiger partial charge in [-0.15, -0.1) is 12.4 Å². The molecule has 15 heteroatoms. The number of rotatable bonds is 10. The van der Waals surface area contributed by atoms with E-state index in [0.29, 0.717) is 27.6 Å². The number of halogens is 1. The molecule has 2 aromatic heterocycles. The standard InChI is InChI=1S/C24H30N6O6S2.ClH/c1-5-36-23(32)18(11-15-10-14-6-8-26-21(25)16(14)12-19(15)35-4)30-9-7-17(22(30)31)28-38(33,34)20-13-27-24(37-20)29(2)3;/h6,8,10,12-13,17-18,28H,5,7,9,11H2,1-4H3,(H2,25,26);1H. The molecule has 212 valence electrons. The number of benzene rings is 1. The number of carbonyl (C=O) groups excluding carboxylic acids is 2. The molecule has 0 bridgehead atoms. The highest BCUT2D eigenvalue weighted by Gasteiger charge is 2.42. The number of anilines is 2. The lowest BCUT2D eigenvalue weighted by molar-refractivity contribution is -0.153. The van der Waals surface area contributed by atoms with Crippen molar-refractivity contribution in [2.24, 2.45) is 0 Å². The van der Waals surface area contributed by atoms with Gasteiger partial charge in [-0.3, -0.25) is 4.79 Å². The van der Waals surface area contributed by atoms with Crippen molar-refractivity contribution in [3.8, 4) is 5.75 Å². The Hall–Kier alpha value is -3.20. The maximum Gasteiger partial charge on any atom is 0.329 e. The molecule has 2 unspecified atom stereocenters. The number of hydrogen-bond donors (Lipinski definition) is 2. The Bertz CT molecular complexity index is 1460. The lowest BCUT2D eigenvalue weighted by Gasteiger charge is -2.27. The van der Waals surface area contributed by atoms with E-state index in [1.807, 2.05) is 6.07 Å². The van der Waals surface area contributed by atoms with E-state index in [4.69, 9.17) is 15.2 Å². The number of carbonyl (C=O) groups is 2. The van der Waals surface area contributed by atoms with Crippen LogP contribution in [0.2, 0.25) is 0 Å². The summed E-state index contributed by atoms with van der Waals surface area (Å²) in [5.41, 5.74) is 6.67. The number of nitrogens with zero attached hydrogens (tertiary/aromatic N) is 4. The molecule has 4 rings (SSSR count). The van der Waals surface area contributed by atoms with Gasteiger partial charge in [-0.25, -0.2) is 23.2 Å². The second kappa shape index (κ2) is 12.3. The van der Waals surface area contributed by atoms with Crippen molar-refractivity contribution in [2.75, 3.05) is 45.0 Å². The molecule has 3 heterocycles. The van der Waals surface area contributed by atoms with Gasteiger partial charge in [0.1, 0.15) is 23.7 Å². The SMILES string of the molecule is CCOC(=O)C(Cc1cc2ccnc(N)c2cc1OC)N1CCC(NS(=O)(=O)c2cnc(N(C)C)s2)C1=O.Cl. The van der Waals surface area contributed by atoms with Crippen molar-refractivity contribution in [2.45, 2.75) is 36.1 Å². The Morgan fingerprint density at radius 1 is 1.33 bits per heavy atom. The summed E-state index contributed by atoms with van der Waals surface area (Å²) in [6.07, 6.45) is 3.15. The van der Waals surface area contributed by atoms with Gasteiger partial charge >= 0.3 is 5.97 Å². The average molecular weight is 599 g/mol. The number of pyridine rings is 1.